The fourth-order valence-corrected chi connectivity index (χ4v) is 2.60. The Morgan fingerprint density at radius 3 is 2.00 bits per heavy atom. The molecule has 0 aromatic heterocycles. The van der Waals surface area contributed by atoms with Gasteiger partial charge in [0.1, 0.15) is 0 Å². The van der Waals surface area contributed by atoms with Crippen LogP contribution in [-0.4, -0.2) is 30.8 Å². The van der Waals surface area contributed by atoms with Gasteiger partial charge in [-0.2, -0.15) is 0 Å². The van der Waals surface area contributed by atoms with Gasteiger partial charge in [0, 0.05) is 6.42 Å². The summed E-state index contributed by atoms with van der Waals surface area (Å²) in [6, 6.07) is 0. The van der Waals surface area contributed by atoms with Crippen LogP contribution in [0.5, 0.6) is 0 Å². The van der Waals surface area contributed by atoms with Crippen molar-refractivity contribution >= 4 is 6.29 Å². The maximum absolute atomic E-state index is 10.00. The summed E-state index contributed by atoms with van der Waals surface area (Å²) < 4.78 is 0. The summed E-state index contributed by atoms with van der Waals surface area (Å²) >= 11 is 0. The molecule has 1 aliphatic heterocycles. The van der Waals surface area contributed by atoms with Crippen LogP contribution >= 0.6 is 0 Å². The van der Waals surface area contributed by atoms with Crippen LogP contribution in [0.1, 0.15) is 70.6 Å². The van der Waals surface area contributed by atoms with Gasteiger partial charge < -0.3 is 4.90 Å². The third-order valence-electron chi connectivity index (χ3n) is 3.70. The second kappa shape index (κ2) is 10.8. The summed E-state index contributed by atoms with van der Waals surface area (Å²) in [5.74, 6) is 0. The van der Waals surface area contributed by atoms with E-state index in [1.54, 1.807) is 0 Å². The molecule has 0 amide bonds. The molecule has 0 aliphatic carbocycles. The molecule has 1 saturated heterocycles. The molecule has 1 heterocycles. The lowest BCUT2D eigenvalue weighted by Crippen LogP contribution is -2.30. The Morgan fingerprint density at radius 2 is 1.35 bits per heavy atom. The summed E-state index contributed by atoms with van der Waals surface area (Å²) in [6.07, 6.45) is 15.9. The highest BCUT2D eigenvalue weighted by Crippen LogP contribution is 2.11. The maximum Gasteiger partial charge on any atom is 0.198 e. The molecule has 1 rings (SSSR count). The van der Waals surface area contributed by atoms with Gasteiger partial charge in [-0.15, -0.1) is 0 Å². The molecule has 0 N–H and O–H groups in total. The van der Waals surface area contributed by atoms with Gasteiger partial charge in [-0.25, -0.2) is 0 Å². The van der Waals surface area contributed by atoms with Crippen LogP contribution < -0.4 is 0 Å². The Morgan fingerprint density at radius 1 is 0.765 bits per heavy atom. The van der Waals surface area contributed by atoms with E-state index >= 15 is 0 Å². The summed E-state index contributed by atoms with van der Waals surface area (Å²) in [7, 11) is 0. The van der Waals surface area contributed by atoms with Crippen molar-refractivity contribution in [3.05, 3.63) is 0 Å². The summed E-state index contributed by atoms with van der Waals surface area (Å²) in [5, 5.41) is 0. The number of carbonyl (C=O) groups excluding carboxylic acids is 1. The molecule has 0 aromatic rings. The predicted molar refractivity (Wildman–Crippen MR) is 72.9 cm³/mol. The Kier molecular flexibility index (Phi) is 9.30. The van der Waals surface area contributed by atoms with Crippen molar-refractivity contribution in [1.29, 1.82) is 0 Å². The van der Waals surface area contributed by atoms with E-state index in [2.05, 4.69) is 4.90 Å². The Balaban J connectivity index is 1.76. The van der Waals surface area contributed by atoms with Crippen LogP contribution in [0.2, 0.25) is 0 Å². The van der Waals surface area contributed by atoms with Gasteiger partial charge in [-0.3, -0.25) is 4.79 Å². The van der Waals surface area contributed by atoms with E-state index in [0.29, 0.717) is 6.42 Å². The smallest absolute Gasteiger partial charge is 0.198 e. The van der Waals surface area contributed by atoms with Gasteiger partial charge in [0.25, 0.3) is 0 Å². The number of nitrogens with zero attached hydrogens (tertiary/aromatic N) is 1. The van der Waals surface area contributed by atoms with Crippen molar-refractivity contribution in [3.63, 3.8) is 0 Å². The zero-order valence-corrected chi connectivity index (χ0v) is 11.3. The van der Waals surface area contributed by atoms with Gasteiger partial charge in [0.15, 0.2) is 6.29 Å². The Bertz CT molecular complexity index is 176. The third-order valence-corrected chi connectivity index (χ3v) is 3.70. The molecule has 1 fully saturated rings. The minimum Gasteiger partial charge on any atom is -0.303 e. The van der Waals surface area contributed by atoms with E-state index in [0.717, 1.165) is 6.42 Å². The van der Waals surface area contributed by atoms with Gasteiger partial charge in [0.2, 0.25) is 0 Å². The second-order valence-electron chi connectivity index (χ2n) is 5.27. The van der Waals surface area contributed by atoms with Gasteiger partial charge in [-0.1, -0.05) is 38.5 Å². The molecule has 0 unspecified atom stereocenters. The summed E-state index contributed by atoms with van der Waals surface area (Å²) in [5.41, 5.74) is 0. The topological polar surface area (TPSA) is 20.3 Å². The van der Waals surface area contributed by atoms with Crippen molar-refractivity contribution in [3.8, 4) is 0 Å². The fraction of sp³-hybridized carbons (Fsp3) is 0.933. The number of unbranched alkanes of at least 4 members (excludes halogenated alkanes) is 7. The maximum atomic E-state index is 10.00. The molecule has 17 heavy (non-hydrogen) atoms. The van der Waals surface area contributed by atoms with Gasteiger partial charge in [-0.05, 0) is 45.3 Å². The van der Waals surface area contributed by atoms with Gasteiger partial charge in [0.05, 0.1) is 0 Å². The molecule has 0 atom stereocenters. The quantitative estimate of drug-likeness (QED) is 0.541. The summed E-state index contributed by atoms with van der Waals surface area (Å²) in [4.78, 5) is 12.6. The number of likely N-dealkylation sites (tertiary alicyclic amines) is 1. The average molecular weight is 238 g/mol. The highest BCUT2D eigenvalue weighted by atomic mass is 16.1. The van der Waals surface area contributed by atoms with Crippen molar-refractivity contribution in [1.82, 2.24) is 4.90 Å². The first-order chi connectivity index (χ1) is 8.43. The standard InChI is InChI=1S/C15H28NO/c17-15-11-6-4-2-1-3-5-8-12-16-13-9-7-10-14-16/h1-14H2. The molecule has 1 aliphatic rings. The molecule has 0 bridgehead atoms. The van der Waals surface area contributed by atoms with Crippen molar-refractivity contribution < 1.29 is 4.79 Å². The average Bonchev–Trinajstić information content (AvgIpc) is 2.38. The SMILES string of the molecule is O=[C]CCCCCCCCCN1CCCCC1. The second-order valence-corrected chi connectivity index (χ2v) is 5.27. The van der Waals surface area contributed by atoms with Crippen LogP contribution in [-0.2, 0) is 4.79 Å². The van der Waals surface area contributed by atoms with Crippen molar-refractivity contribution in [2.45, 2.75) is 70.6 Å². The highest BCUT2D eigenvalue weighted by molar-refractivity contribution is 5.50. The van der Waals surface area contributed by atoms with Crippen LogP contribution in [0.15, 0.2) is 0 Å². The van der Waals surface area contributed by atoms with Crippen molar-refractivity contribution in [2.24, 2.45) is 0 Å². The molecule has 2 nitrogen and oxygen atoms in total. The monoisotopic (exact) mass is 238 g/mol. The van der Waals surface area contributed by atoms with E-state index in [1.165, 1.54) is 77.4 Å². The number of piperidine rings is 1. The third kappa shape index (κ3) is 8.37. The zero-order chi connectivity index (χ0) is 12.2. The van der Waals surface area contributed by atoms with Crippen LogP contribution in [0.25, 0.3) is 0 Å². The normalized spacial score (nSPS) is 17.2. The largest absolute Gasteiger partial charge is 0.303 e. The van der Waals surface area contributed by atoms with E-state index in [-0.39, 0.29) is 0 Å². The Labute approximate surface area is 107 Å². The zero-order valence-electron chi connectivity index (χ0n) is 11.3. The minimum absolute atomic E-state index is 0.634. The van der Waals surface area contributed by atoms with E-state index in [4.69, 9.17) is 0 Å². The van der Waals surface area contributed by atoms with Gasteiger partial charge >= 0.3 is 0 Å². The predicted octanol–water partition coefficient (Wildman–Crippen LogP) is 3.70. The van der Waals surface area contributed by atoms with Crippen LogP contribution in [0.3, 0.4) is 0 Å². The lowest BCUT2D eigenvalue weighted by molar-refractivity contribution is 0.224. The molecular weight excluding hydrogens is 210 g/mol. The lowest BCUT2D eigenvalue weighted by Gasteiger charge is -2.26. The first kappa shape index (κ1) is 14.7. The molecular formula is C15H28NO. The summed E-state index contributed by atoms with van der Waals surface area (Å²) in [6.45, 7) is 3.99. The van der Waals surface area contributed by atoms with Crippen molar-refractivity contribution in [2.75, 3.05) is 19.6 Å². The highest BCUT2D eigenvalue weighted by Gasteiger charge is 2.08. The van der Waals surface area contributed by atoms with E-state index < -0.39 is 0 Å². The first-order valence-corrected chi connectivity index (χ1v) is 7.51. The van der Waals surface area contributed by atoms with E-state index in [9.17, 15) is 4.79 Å². The number of hydrogen-bond acceptors (Lipinski definition) is 2. The number of rotatable bonds is 10. The molecule has 0 aromatic carbocycles. The molecule has 2 heteroatoms. The molecule has 0 spiro atoms. The Hall–Kier alpha value is -0.370. The first-order valence-electron chi connectivity index (χ1n) is 7.51. The van der Waals surface area contributed by atoms with E-state index in [1.807, 2.05) is 6.29 Å². The van der Waals surface area contributed by atoms with Crippen LogP contribution in [0.4, 0.5) is 0 Å². The molecule has 99 valence electrons. The molecule has 1 radical (unpaired) electrons. The van der Waals surface area contributed by atoms with Crippen LogP contribution in [0, 0.1) is 0 Å². The minimum atomic E-state index is 0.634. The fourth-order valence-electron chi connectivity index (χ4n) is 2.60. The molecule has 0 saturated carbocycles. The number of hydrogen-bond donors (Lipinski definition) is 0. The lowest BCUT2D eigenvalue weighted by atomic mass is 10.1.